The number of nitrogens with zero attached hydrogens (tertiary/aromatic N) is 3. The number of ether oxygens (including phenoxy) is 1. The molecule has 0 N–H and O–H groups in total. The van der Waals surface area contributed by atoms with Crippen LogP contribution in [0.1, 0.15) is 27.8 Å². The predicted octanol–water partition coefficient (Wildman–Crippen LogP) is 2.91. The average Bonchev–Trinajstić information content (AvgIpc) is 3.37. The van der Waals surface area contributed by atoms with E-state index in [1.54, 1.807) is 18.4 Å². The number of benzene rings is 1. The number of hydrogen-bond donors (Lipinski definition) is 0. The Hall–Kier alpha value is -1.92. The maximum Gasteiger partial charge on any atom is 0.226 e. The molecule has 0 radical (unpaired) electrons. The Morgan fingerprint density at radius 1 is 1.23 bits per heavy atom. The molecule has 4 rings (SSSR count). The van der Waals surface area contributed by atoms with Crippen molar-refractivity contribution in [3.63, 3.8) is 0 Å². The van der Waals surface area contributed by atoms with Gasteiger partial charge in [-0.1, -0.05) is 12.1 Å². The number of aryl methyl sites for hydroxylation is 1. The number of piperazine rings is 1. The van der Waals surface area contributed by atoms with Crippen molar-refractivity contribution in [2.75, 3.05) is 33.3 Å². The highest BCUT2D eigenvalue weighted by Crippen LogP contribution is 2.48. The lowest BCUT2D eigenvalue weighted by molar-refractivity contribution is -0.134. The molecule has 2 atom stereocenters. The molecule has 2 fully saturated rings. The molecule has 1 aliphatic heterocycles. The first-order chi connectivity index (χ1) is 12.6. The molecule has 0 spiro atoms. The fourth-order valence-electron chi connectivity index (χ4n) is 3.75. The lowest BCUT2D eigenvalue weighted by Crippen LogP contribution is -2.48. The van der Waals surface area contributed by atoms with Crippen LogP contribution in [0.25, 0.3) is 0 Å². The first kappa shape index (κ1) is 17.5. The lowest BCUT2D eigenvalue weighted by Gasteiger charge is -2.34. The molecule has 1 saturated heterocycles. The Morgan fingerprint density at radius 2 is 1.96 bits per heavy atom. The first-order valence-corrected chi connectivity index (χ1v) is 10.0. The van der Waals surface area contributed by atoms with Gasteiger partial charge in [-0.3, -0.25) is 9.69 Å². The standard InChI is InChI=1S/C20H25N3O2S/c1-14-21-12-17(26-14)13-22-7-9-23(10-8-22)20(24)19-11-18(19)15-3-5-16(25-2)6-4-15/h3-6,12,18-19H,7-11,13H2,1-2H3/t18-,19+/m0/s1. The van der Waals surface area contributed by atoms with Crippen molar-refractivity contribution < 1.29 is 9.53 Å². The predicted molar refractivity (Wildman–Crippen MR) is 103 cm³/mol. The molecule has 2 aliphatic rings. The molecule has 1 amide bonds. The van der Waals surface area contributed by atoms with Gasteiger partial charge in [0, 0.05) is 49.7 Å². The van der Waals surface area contributed by atoms with E-state index in [2.05, 4.69) is 26.9 Å². The molecule has 1 aromatic carbocycles. The fourth-order valence-corrected chi connectivity index (χ4v) is 4.58. The molecule has 6 heteroatoms. The van der Waals surface area contributed by atoms with E-state index >= 15 is 0 Å². The van der Waals surface area contributed by atoms with E-state index in [-0.39, 0.29) is 5.92 Å². The van der Waals surface area contributed by atoms with E-state index in [1.165, 1.54) is 10.4 Å². The third-order valence-corrected chi connectivity index (χ3v) is 6.28. The van der Waals surface area contributed by atoms with Crippen molar-refractivity contribution in [1.29, 1.82) is 0 Å². The maximum absolute atomic E-state index is 12.8. The highest BCUT2D eigenvalue weighted by atomic mass is 32.1. The van der Waals surface area contributed by atoms with Crippen molar-refractivity contribution in [1.82, 2.24) is 14.8 Å². The SMILES string of the molecule is COc1ccc([C@@H]2C[C@H]2C(=O)N2CCN(Cc3cnc(C)s3)CC2)cc1. The number of rotatable bonds is 5. The van der Waals surface area contributed by atoms with Gasteiger partial charge in [0.05, 0.1) is 12.1 Å². The summed E-state index contributed by atoms with van der Waals surface area (Å²) in [4.78, 5) is 22.9. The molecule has 1 saturated carbocycles. The topological polar surface area (TPSA) is 45.7 Å². The second kappa shape index (κ2) is 7.37. The van der Waals surface area contributed by atoms with E-state index in [1.807, 2.05) is 25.3 Å². The average molecular weight is 372 g/mol. The minimum atomic E-state index is 0.166. The minimum Gasteiger partial charge on any atom is -0.497 e. The molecular weight excluding hydrogens is 346 g/mol. The van der Waals surface area contributed by atoms with Crippen LogP contribution in [0.3, 0.4) is 0 Å². The zero-order chi connectivity index (χ0) is 18.1. The van der Waals surface area contributed by atoms with Gasteiger partial charge in [-0.05, 0) is 37.0 Å². The second-order valence-corrected chi connectivity index (χ2v) is 8.49. The lowest BCUT2D eigenvalue weighted by atomic mass is 10.1. The Bertz CT molecular complexity index is 766. The van der Waals surface area contributed by atoms with Crippen molar-refractivity contribution >= 4 is 17.2 Å². The summed E-state index contributed by atoms with van der Waals surface area (Å²) >= 11 is 1.76. The van der Waals surface area contributed by atoms with E-state index in [9.17, 15) is 4.79 Å². The monoisotopic (exact) mass is 371 g/mol. The Morgan fingerprint density at radius 3 is 2.58 bits per heavy atom. The van der Waals surface area contributed by atoms with Gasteiger partial charge in [0.2, 0.25) is 5.91 Å². The third-order valence-electron chi connectivity index (χ3n) is 5.38. The molecule has 2 heterocycles. The Balaban J connectivity index is 1.27. The van der Waals surface area contributed by atoms with Gasteiger partial charge in [0.15, 0.2) is 0 Å². The Labute approximate surface area is 158 Å². The second-order valence-electron chi connectivity index (χ2n) is 7.17. The van der Waals surface area contributed by atoms with Crippen LogP contribution in [-0.4, -0.2) is 54.0 Å². The Kier molecular flexibility index (Phi) is 4.96. The number of thiazole rings is 1. The molecule has 1 aliphatic carbocycles. The van der Waals surface area contributed by atoms with Crippen LogP contribution in [-0.2, 0) is 11.3 Å². The summed E-state index contributed by atoms with van der Waals surface area (Å²) in [6, 6.07) is 8.14. The van der Waals surface area contributed by atoms with E-state index < -0.39 is 0 Å². The van der Waals surface area contributed by atoms with Crippen LogP contribution in [0, 0.1) is 12.8 Å². The number of aromatic nitrogens is 1. The van der Waals surface area contributed by atoms with Gasteiger partial charge in [0.1, 0.15) is 5.75 Å². The first-order valence-electron chi connectivity index (χ1n) is 9.20. The van der Waals surface area contributed by atoms with Crippen molar-refractivity contribution in [2.24, 2.45) is 5.92 Å². The number of carbonyl (C=O) groups is 1. The highest BCUT2D eigenvalue weighted by Gasteiger charge is 2.46. The van der Waals surface area contributed by atoms with Crippen molar-refractivity contribution in [2.45, 2.75) is 25.8 Å². The molecule has 5 nitrogen and oxygen atoms in total. The molecule has 2 aromatic rings. The number of carbonyl (C=O) groups excluding carboxylic acids is 1. The zero-order valence-corrected chi connectivity index (χ0v) is 16.2. The number of amides is 1. The molecule has 0 unspecified atom stereocenters. The largest absolute Gasteiger partial charge is 0.497 e. The summed E-state index contributed by atoms with van der Waals surface area (Å²) in [5.41, 5.74) is 1.25. The summed E-state index contributed by atoms with van der Waals surface area (Å²) in [6.07, 6.45) is 2.95. The molecule has 0 bridgehead atoms. The van der Waals surface area contributed by atoms with Gasteiger partial charge in [-0.15, -0.1) is 11.3 Å². The minimum absolute atomic E-state index is 0.166. The van der Waals surface area contributed by atoms with Crippen LogP contribution < -0.4 is 4.74 Å². The van der Waals surface area contributed by atoms with Gasteiger partial charge in [0.25, 0.3) is 0 Å². The van der Waals surface area contributed by atoms with Crippen LogP contribution in [0.15, 0.2) is 30.5 Å². The third kappa shape index (κ3) is 3.76. The van der Waals surface area contributed by atoms with Crippen molar-refractivity contribution in [3.05, 3.63) is 45.9 Å². The normalized spacial score (nSPS) is 23.1. The highest BCUT2D eigenvalue weighted by molar-refractivity contribution is 7.11. The maximum atomic E-state index is 12.8. The van der Waals surface area contributed by atoms with Crippen LogP contribution in [0.5, 0.6) is 5.75 Å². The van der Waals surface area contributed by atoms with Crippen LogP contribution in [0.2, 0.25) is 0 Å². The van der Waals surface area contributed by atoms with Crippen LogP contribution in [0.4, 0.5) is 0 Å². The van der Waals surface area contributed by atoms with Gasteiger partial charge < -0.3 is 9.64 Å². The number of methoxy groups -OCH3 is 1. The summed E-state index contributed by atoms with van der Waals surface area (Å²) in [7, 11) is 1.67. The summed E-state index contributed by atoms with van der Waals surface area (Å²) in [5.74, 6) is 1.74. The van der Waals surface area contributed by atoms with Gasteiger partial charge in [-0.25, -0.2) is 4.98 Å². The van der Waals surface area contributed by atoms with Crippen molar-refractivity contribution in [3.8, 4) is 5.75 Å². The van der Waals surface area contributed by atoms with Gasteiger partial charge in [-0.2, -0.15) is 0 Å². The molecular formula is C20H25N3O2S. The van der Waals surface area contributed by atoms with E-state index in [0.717, 1.165) is 49.9 Å². The zero-order valence-electron chi connectivity index (χ0n) is 15.4. The summed E-state index contributed by atoms with van der Waals surface area (Å²) in [6.45, 7) is 6.56. The molecule has 26 heavy (non-hydrogen) atoms. The smallest absolute Gasteiger partial charge is 0.226 e. The fraction of sp³-hybridized carbons (Fsp3) is 0.500. The summed E-state index contributed by atoms with van der Waals surface area (Å²) in [5, 5.41) is 1.12. The van der Waals surface area contributed by atoms with Crippen LogP contribution >= 0.6 is 11.3 Å². The molecule has 138 valence electrons. The van der Waals surface area contributed by atoms with E-state index in [4.69, 9.17) is 4.74 Å². The number of hydrogen-bond acceptors (Lipinski definition) is 5. The van der Waals surface area contributed by atoms with Gasteiger partial charge >= 0.3 is 0 Å². The quantitative estimate of drug-likeness (QED) is 0.811. The summed E-state index contributed by atoms with van der Waals surface area (Å²) < 4.78 is 5.21. The van der Waals surface area contributed by atoms with E-state index in [0.29, 0.717) is 11.8 Å². The molecule has 1 aromatic heterocycles.